The van der Waals surface area contributed by atoms with Crippen LogP contribution in [0.5, 0.6) is 5.75 Å². The molecule has 0 aliphatic rings. The van der Waals surface area contributed by atoms with Crippen molar-refractivity contribution in [1.29, 1.82) is 0 Å². The number of sulfonamides is 2. The quantitative estimate of drug-likeness (QED) is 0.250. The molecule has 12 heteroatoms. The van der Waals surface area contributed by atoms with Crippen LogP contribution in [-0.4, -0.2) is 35.0 Å². The summed E-state index contributed by atoms with van der Waals surface area (Å²) in [7, 11) is -9.33. The molecule has 0 saturated carbocycles. The van der Waals surface area contributed by atoms with Crippen molar-refractivity contribution in [1.82, 2.24) is 4.98 Å². The molecule has 210 valence electrons. The highest BCUT2D eigenvalue weighted by molar-refractivity contribution is 8.10. The maximum absolute atomic E-state index is 14.0. The molecule has 0 radical (unpaired) electrons. The topological polar surface area (TPSA) is 150 Å². The second-order valence-electron chi connectivity index (χ2n) is 9.01. The van der Waals surface area contributed by atoms with Crippen LogP contribution in [0.3, 0.4) is 0 Å². The zero-order valence-electron chi connectivity index (χ0n) is 21.8. The van der Waals surface area contributed by atoms with Crippen LogP contribution < -0.4 is 19.8 Å². The van der Waals surface area contributed by atoms with Gasteiger partial charge in [-0.1, -0.05) is 23.8 Å². The molecule has 10 nitrogen and oxygen atoms in total. The van der Waals surface area contributed by atoms with E-state index in [9.17, 15) is 21.6 Å². The summed E-state index contributed by atoms with van der Waals surface area (Å²) in [5.41, 5.74) is 6.07. The van der Waals surface area contributed by atoms with Crippen molar-refractivity contribution in [2.75, 3.05) is 16.9 Å². The molecule has 2 N–H and O–H groups in total. The molecule has 3 aromatic carbocycles. The van der Waals surface area contributed by atoms with Crippen molar-refractivity contribution in [3.8, 4) is 17.0 Å². The van der Waals surface area contributed by atoms with Gasteiger partial charge >= 0.3 is 5.63 Å². The van der Waals surface area contributed by atoms with Crippen LogP contribution in [0, 0.1) is 6.92 Å². The van der Waals surface area contributed by atoms with Gasteiger partial charge in [0.15, 0.2) is 0 Å². The number of hydrogen-bond donors (Lipinski definition) is 1. The minimum atomic E-state index is -4.69. The first-order chi connectivity index (χ1) is 19.6. The molecule has 0 fully saturated rings. The van der Waals surface area contributed by atoms with Crippen molar-refractivity contribution in [3.63, 3.8) is 0 Å². The number of hydrogen-bond acceptors (Lipinski definition) is 9. The van der Waals surface area contributed by atoms with E-state index >= 15 is 0 Å². The standard InChI is InChI=1S/C29H25N3O7S2/c1-20-5-10-24(11-6-20)40(34,35)32(41(36,37)25-12-8-23(9-13-25)38-17-15-30)22-7-14-28-21(18-22)19-26(29(33)39-28)27-4-2-3-16-31-27/h2-14,16,18-19H,15,17,30H2,1H3. The molecule has 0 unspecified atom stereocenters. The van der Waals surface area contributed by atoms with Gasteiger partial charge in [0.05, 0.1) is 26.7 Å². The van der Waals surface area contributed by atoms with Gasteiger partial charge in [-0.15, -0.1) is 0 Å². The Kier molecular flexibility index (Phi) is 7.63. The Morgan fingerprint density at radius 2 is 1.51 bits per heavy atom. The van der Waals surface area contributed by atoms with E-state index in [1.54, 1.807) is 37.3 Å². The third-order valence-electron chi connectivity index (χ3n) is 6.13. The molecule has 0 aliphatic heterocycles. The molecule has 5 aromatic rings. The van der Waals surface area contributed by atoms with Crippen molar-refractivity contribution < 1.29 is 26.0 Å². The average molecular weight is 592 g/mol. The smallest absolute Gasteiger partial charge is 0.345 e. The van der Waals surface area contributed by atoms with Gasteiger partial charge in [-0.25, -0.2) is 21.6 Å². The lowest BCUT2D eigenvalue weighted by Gasteiger charge is -2.24. The number of fused-ring (bicyclic) bond motifs is 1. The molecule has 0 atom stereocenters. The molecule has 0 bridgehead atoms. The molecule has 2 heterocycles. The molecule has 5 rings (SSSR count). The van der Waals surface area contributed by atoms with Crippen LogP contribution in [0.15, 0.2) is 116 Å². The molecule has 0 aliphatic carbocycles. The third-order valence-corrected chi connectivity index (χ3v) is 10.3. The van der Waals surface area contributed by atoms with E-state index in [4.69, 9.17) is 14.9 Å². The van der Waals surface area contributed by atoms with Crippen LogP contribution in [0.2, 0.25) is 0 Å². The zero-order chi connectivity index (χ0) is 29.2. The fourth-order valence-corrected chi connectivity index (χ4v) is 7.79. The highest BCUT2D eigenvalue weighted by Crippen LogP contribution is 2.34. The molecule has 0 saturated heterocycles. The number of aromatic nitrogens is 1. The molecular weight excluding hydrogens is 566 g/mol. The molecule has 0 spiro atoms. The first-order valence-corrected chi connectivity index (χ1v) is 15.3. The van der Waals surface area contributed by atoms with Gasteiger partial charge in [0.25, 0.3) is 20.0 Å². The summed E-state index contributed by atoms with van der Waals surface area (Å²) in [6.07, 6.45) is 1.52. The maximum atomic E-state index is 14.0. The number of nitrogens with zero attached hydrogens (tertiary/aromatic N) is 2. The number of aryl methyl sites for hydroxylation is 1. The maximum Gasteiger partial charge on any atom is 0.345 e. The predicted molar refractivity (Wildman–Crippen MR) is 155 cm³/mol. The second kappa shape index (κ2) is 11.2. The van der Waals surface area contributed by atoms with E-state index in [0.717, 1.165) is 5.56 Å². The van der Waals surface area contributed by atoms with Gasteiger partial charge in [0.1, 0.15) is 17.9 Å². The van der Waals surface area contributed by atoms with Gasteiger partial charge in [0.2, 0.25) is 0 Å². The number of nitrogens with two attached hydrogens (primary N) is 1. The fourth-order valence-electron chi connectivity index (χ4n) is 4.12. The Morgan fingerprint density at radius 1 is 0.854 bits per heavy atom. The largest absolute Gasteiger partial charge is 0.492 e. The monoisotopic (exact) mass is 591 g/mol. The number of ether oxygens (including phenoxy) is 1. The Morgan fingerprint density at radius 3 is 2.12 bits per heavy atom. The van der Waals surface area contributed by atoms with Crippen molar-refractivity contribution in [3.05, 3.63) is 113 Å². The summed E-state index contributed by atoms with van der Waals surface area (Å²) in [6.45, 7) is 2.29. The predicted octanol–water partition coefficient (Wildman–Crippen LogP) is 4.09. The van der Waals surface area contributed by atoms with E-state index in [-0.39, 0.29) is 39.8 Å². The van der Waals surface area contributed by atoms with Gasteiger partial charge in [-0.05, 0) is 79.7 Å². The Hall–Kier alpha value is -4.52. The van der Waals surface area contributed by atoms with Gasteiger partial charge < -0.3 is 14.9 Å². The van der Waals surface area contributed by atoms with Gasteiger partial charge in [-0.3, -0.25) is 4.98 Å². The lowest BCUT2D eigenvalue weighted by atomic mass is 10.1. The van der Waals surface area contributed by atoms with Crippen LogP contribution in [0.1, 0.15) is 5.56 Å². The first kappa shape index (κ1) is 28.0. The summed E-state index contributed by atoms with van der Waals surface area (Å²) in [4.78, 5) is 16.3. The minimum Gasteiger partial charge on any atom is -0.492 e. The minimum absolute atomic E-state index is 0.138. The highest BCUT2D eigenvalue weighted by Gasteiger charge is 2.37. The third kappa shape index (κ3) is 5.57. The zero-order valence-corrected chi connectivity index (χ0v) is 23.4. The Labute approximate surface area is 236 Å². The van der Waals surface area contributed by atoms with Gasteiger partial charge in [-0.2, -0.15) is 3.71 Å². The molecule has 0 amide bonds. The van der Waals surface area contributed by atoms with Crippen LogP contribution in [-0.2, 0) is 20.0 Å². The first-order valence-electron chi connectivity index (χ1n) is 12.4. The number of rotatable bonds is 9. The number of benzene rings is 3. The summed E-state index contributed by atoms with van der Waals surface area (Å²) in [6, 6.07) is 21.7. The summed E-state index contributed by atoms with van der Waals surface area (Å²) in [5.74, 6) is 0.380. The number of anilines is 1. The lowest BCUT2D eigenvalue weighted by Crippen LogP contribution is -2.37. The normalized spacial score (nSPS) is 11.9. The van der Waals surface area contributed by atoms with E-state index in [1.807, 2.05) is 0 Å². The van der Waals surface area contributed by atoms with E-state index < -0.39 is 25.7 Å². The van der Waals surface area contributed by atoms with Crippen LogP contribution in [0.4, 0.5) is 5.69 Å². The van der Waals surface area contributed by atoms with Gasteiger partial charge in [0, 0.05) is 18.1 Å². The Bertz CT molecular complexity index is 1980. The molecular formula is C29H25N3O7S2. The van der Waals surface area contributed by atoms with E-state index in [2.05, 4.69) is 4.98 Å². The van der Waals surface area contributed by atoms with Crippen molar-refractivity contribution in [2.45, 2.75) is 16.7 Å². The SMILES string of the molecule is Cc1ccc(S(=O)(=O)N(c2ccc3oc(=O)c(-c4ccccn4)cc3c2)S(=O)(=O)c2ccc(OCCN)cc2)cc1. The summed E-state index contributed by atoms with van der Waals surface area (Å²) in [5, 5.41) is 0.299. The highest BCUT2D eigenvalue weighted by atomic mass is 32.3. The average Bonchev–Trinajstić information content (AvgIpc) is 2.96. The fraction of sp³-hybridized carbons (Fsp3) is 0.103. The van der Waals surface area contributed by atoms with E-state index in [0.29, 0.717) is 20.5 Å². The van der Waals surface area contributed by atoms with Crippen molar-refractivity contribution in [2.24, 2.45) is 5.73 Å². The number of pyridine rings is 1. The van der Waals surface area contributed by atoms with Crippen LogP contribution in [0.25, 0.3) is 22.2 Å². The van der Waals surface area contributed by atoms with E-state index in [1.165, 1.54) is 66.9 Å². The van der Waals surface area contributed by atoms with Crippen molar-refractivity contribution >= 4 is 36.7 Å². The molecule has 2 aromatic heterocycles. The summed E-state index contributed by atoms with van der Waals surface area (Å²) >= 11 is 0. The van der Waals surface area contributed by atoms with Crippen LogP contribution >= 0.6 is 0 Å². The molecule has 41 heavy (non-hydrogen) atoms. The Balaban J connectivity index is 1.69. The lowest BCUT2D eigenvalue weighted by molar-refractivity contribution is 0.328. The second-order valence-corrected chi connectivity index (χ2v) is 12.8. The summed E-state index contributed by atoms with van der Waals surface area (Å²) < 4.78 is 67.3.